The zero-order valence-corrected chi connectivity index (χ0v) is 20.0. The molecule has 7 heteroatoms. The van der Waals surface area contributed by atoms with Gasteiger partial charge in [0.05, 0.1) is 22.6 Å². The van der Waals surface area contributed by atoms with Gasteiger partial charge in [0.15, 0.2) is 0 Å². The highest BCUT2D eigenvalue weighted by atomic mass is 35.5. The molecule has 0 N–H and O–H groups in total. The zero-order chi connectivity index (χ0) is 23.5. The number of pyridine rings is 1. The molecule has 1 aliphatic heterocycles. The van der Waals surface area contributed by atoms with Gasteiger partial charge in [-0.1, -0.05) is 41.9 Å². The average Bonchev–Trinajstić information content (AvgIpc) is 3.04. The maximum atomic E-state index is 9.50. The van der Waals surface area contributed by atoms with Crippen LogP contribution in [0.3, 0.4) is 0 Å². The average molecular weight is 471 g/mol. The number of hydrogen-bond acceptors (Lipinski definition) is 5. The summed E-state index contributed by atoms with van der Waals surface area (Å²) in [6.07, 6.45) is 2.76. The van der Waals surface area contributed by atoms with E-state index >= 15 is 0 Å². The highest BCUT2D eigenvalue weighted by Crippen LogP contribution is 2.29. The van der Waals surface area contributed by atoms with E-state index in [4.69, 9.17) is 16.6 Å². The van der Waals surface area contributed by atoms with Crippen LogP contribution in [0.15, 0.2) is 66.9 Å². The number of hydrogen-bond donors (Lipinski definition) is 0. The molecule has 0 radical (unpaired) electrons. The molecule has 1 saturated heterocycles. The first-order valence-corrected chi connectivity index (χ1v) is 12.1. The Labute approximate surface area is 205 Å². The summed E-state index contributed by atoms with van der Waals surface area (Å²) in [5.41, 5.74) is 3.89. The highest BCUT2D eigenvalue weighted by Gasteiger charge is 2.26. The van der Waals surface area contributed by atoms with Crippen LogP contribution in [0.25, 0.3) is 11.0 Å². The Balaban J connectivity index is 1.43. The first kappa shape index (κ1) is 22.4. The minimum Gasteiger partial charge on any atom is -0.354 e. The second kappa shape index (κ2) is 9.84. The SMILES string of the molecule is CC(c1nc2cc(Cl)ccc2n1Cc1ccccc1)N1CCCN(c2ncccc2C#N)CC1. The zero-order valence-electron chi connectivity index (χ0n) is 19.2. The van der Waals surface area contributed by atoms with Crippen LogP contribution in [-0.2, 0) is 6.54 Å². The van der Waals surface area contributed by atoms with Crippen LogP contribution in [0.2, 0.25) is 5.02 Å². The lowest BCUT2D eigenvalue weighted by molar-refractivity contribution is 0.215. The number of aromatic nitrogens is 3. The summed E-state index contributed by atoms with van der Waals surface area (Å²) in [7, 11) is 0. The number of rotatable bonds is 5. The van der Waals surface area contributed by atoms with E-state index in [0.29, 0.717) is 10.6 Å². The van der Waals surface area contributed by atoms with E-state index in [2.05, 4.69) is 62.7 Å². The molecular weight excluding hydrogens is 444 g/mol. The molecule has 4 aromatic rings. The van der Waals surface area contributed by atoms with Crippen molar-refractivity contribution in [2.45, 2.75) is 25.9 Å². The Morgan fingerprint density at radius 1 is 1.03 bits per heavy atom. The minimum absolute atomic E-state index is 0.133. The fourth-order valence-electron chi connectivity index (χ4n) is 4.81. The molecule has 0 bridgehead atoms. The number of imidazole rings is 1. The van der Waals surface area contributed by atoms with Crippen molar-refractivity contribution in [2.24, 2.45) is 0 Å². The van der Waals surface area contributed by atoms with Gasteiger partial charge >= 0.3 is 0 Å². The van der Waals surface area contributed by atoms with Crippen molar-refractivity contribution in [3.63, 3.8) is 0 Å². The molecule has 0 saturated carbocycles. The van der Waals surface area contributed by atoms with Gasteiger partial charge in [-0.3, -0.25) is 4.90 Å². The molecule has 5 rings (SSSR count). The van der Waals surface area contributed by atoms with Crippen molar-refractivity contribution >= 4 is 28.5 Å². The lowest BCUT2D eigenvalue weighted by Gasteiger charge is -2.28. The highest BCUT2D eigenvalue weighted by molar-refractivity contribution is 6.31. The Morgan fingerprint density at radius 3 is 2.71 bits per heavy atom. The molecule has 3 heterocycles. The summed E-state index contributed by atoms with van der Waals surface area (Å²) in [6, 6.07) is 22.5. The molecule has 1 fully saturated rings. The molecule has 1 atom stereocenters. The maximum Gasteiger partial charge on any atom is 0.146 e. The molecule has 1 unspecified atom stereocenters. The summed E-state index contributed by atoms with van der Waals surface area (Å²) in [5.74, 6) is 1.83. The molecule has 6 nitrogen and oxygen atoms in total. The van der Waals surface area contributed by atoms with Gasteiger partial charge in [0, 0.05) is 43.9 Å². The summed E-state index contributed by atoms with van der Waals surface area (Å²) < 4.78 is 2.32. The molecule has 0 aliphatic carbocycles. The number of nitriles is 1. The van der Waals surface area contributed by atoms with Gasteiger partial charge in [0.2, 0.25) is 0 Å². The lowest BCUT2D eigenvalue weighted by atomic mass is 10.2. The van der Waals surface area contributed by atoms with Crippen LogP contribution in [0, 0.1) is 11.3 Å². The third kappa shape index (κ3) is 4.50. The van der Waals surface area contributed by atoms with E-state index in [1.54, 1.807) is 6.20 Å². The molecule has 2 aromatic heterocycles. The Kier molecular flexibility index (Phi) is 6.48. The van der Waals surface area contributed by atoms with Crippen molar-refractivity contribution in [3.05, 3.63) is 88.8 Å². The van der Waals surface area contributed by atoms with E-state index in [0.717, 1.165) is 61.8 Å². The first-order valence-electron chi connectivity index (χ1n) is 11.7. The van der Waals surface area contributed by atoms with Gasteiger partial charge in [0.1, 0.15) is 17.7 Å². The minimum atomic E-state index is 0.133. The molecule has 1 aliphatic rings. The second-order valence-corrected chi connectivity index (χ2v) is 9.15. The third-order valence-corrected chi connectivity index (χ3v) is 6.82. The monoisotopic (exact) mass is 470 g/mol. The fraction of sp³-hybridized carbons (Fsp3) is 0.296. The molecular formula is C27H27ClN6. The number of benzene rings is 2. The number of anilines is 1. The topological polar surface area (TPSA) is 61.0 Å². The number of fused-ring (bicyclic) bond motifs is 1. The summed E-state index contributed by atoms with van der Waals surface area (Å²) in [5, 5.41) is 10.2. The summed E-state index contributed by atoms with van der Waals surface area (Å²) >= 11 is 6.30. The Bertz CT molecular complexity index is 1330. The van der Waals surface area contributed by atoms with Crippen molar-refractivity contribution in [1.29, 1.82) is 5.26 Å². The predicted octanol–water partition coefficient (Wildman–Crippen LogP) is 5.28. The smallest absolute Gasteiger partial charge is 0.146 e. The van der Waals surface area contributed by atoms with Crippen molar-refractivity contribution in [2.75, 3.05) is 31.1 Å². The van der Waals surface area contributed by atoms with Crippen molar-refractivity contribution < 1.29 is 0 Å². The Hall–Kier alpha value is -3.40. The molecule has 2 aromatic carbocycles. The molecule has 172 valence electrons. The molecule has 0 spiro atoms. The lowest BCUT2D eigenvalue weighted by Crippen LogP contribution is -2.34. The van der Waals surface area contributed by atoms with E-state index in [9.17, 15) is 5.26 Å². The fourth-order valence-corrected chi connectivity index (χ4v) is 4.98. The number of halogens is 1. The van der Waals surface area contributed by atoms with Crippen LogP contribution in [0.1, 0.15) is 36.3 Å². The summed E-state index contributed by atoms with van der Waals surface area (Å²) in [6.45, 7) is 6.53. The van der Waals surface area contributed by atoms with Gasteiger partial charge in [-0.25, -0.2) is 9.97 Å². The first-order chi connectivity index (χ1) is 16.6. The van der Waals surface area contributed by atoms with E-state index in [1.165, 1.54) is 5.56 Å². The number of nitrogens with zero attached hydrogens (tertiary/aromatic N) is 6. The van der Waals surface area contributed by atoms with Gasteiger partial charge in [-0.15, -0.1) is 0 Å². The normalized spacial score (nSPS) is 15.7. The predicted molar refractivity (Wildman–Crippen MR) is 136 cm³/mol. The van der Waals surface area contributed by atoms with Crippen LogP contribution in [0.4, 0.5) is 5.82 Å². The maximum absolute atomic E-state index is 9.50. The van der Waals surface area contributed by atoms with Crippen molar-refractivity contribution in [1.82, 2.24) is 19.4 Å². The van der Waals surface area contributed by atoms with E-state index in [-0.39, 0.29) is 6.04 Å². The van der Waals surface area contributed by atoms with Crippen molar-refractivity contribution in [3.8, 4) is 6.07 Å². The van der Waals surface area contributed by atoms with Crippen LogP contribution >= 0.6 is 11.6 Å². The summed E-state index contributed by atoms with van der Waals surface area (Å²) in [4.78, 5) is 14.3. The second-order valence-electron chi connectivity index (χ2n) is 8.71. The van der Waals surface area contributed by atoms with Gasteiger partial charge in [-0.2, -0.15) is 5.26 Å². The van der Waals surface area contributed by atoms with Crippen LogP contribution < -0.4 is 4.90 Å². The molecule has 34 heavy (non-hydrogen) atoms. The van der Waals surface area contributed by atoms with Gasteiger partial charge in [0.25, 0.3) is 0 Å². The van der Waals surface area contributed by atoms with Crippen LogP contribution in [0.5, 0.6) is 0 Å². The molecule has 0 amide bonds. The Morgan fingerprint density at radius 2 is 1.88 bits per heavy atom. The van der Waals surface area contributed by atoms with E-state index < -0.39 is 0 Å². The van der Waals surface area contributed by atoms with Gasteiger partial charge < -0.3 is 9.47 Å². The van der Waals surface area contributed by atoms with E-state index in [1.807, 2.05) is 30.3 Å². The standard InChI is InChI=1S/C27H27ClN6/c1-20(32-13-6-14-33(16-15-32)27-22(18-29)9-5-12-30-27)26-31-24-17-23(28)10-11-25(24)34(26)19-21-7-3-2-4-8-21/h2-5,7-12,17,20H,6,13-16,19H2,1H3. The largest absolute Gasteiger partial charge is 0.354 e. The van der Waals surface area contributed by atoms with Crippen LogP contribution in [-0.4, -0.2) is 45.6 Å². The quantitative estimate of drug-likeness (QED) is 0.397. The van der Waals surface area contributed by atoms with Gasteiger partial charge in [-0.05, 0) is 49.2 Å². The third-order valence-electron chi connectivity index (χ3n) is 6.58.